The van der Waals surface area contributed by atoms with Crippen LogP contribution in [0.2, 0.25) is 0 Å². The number of carbonyl (C=O) groups is 1. The van der Waals surface area contributed by atoms with Crippen LogP contribution in [0.5, 0.6) is 11.5 Å². The topological polar surface area (TPSA) is 74.6 Å². The number of hydrogen-bond donors (Lipinski definition) is 1. The molecule has 0 spiro atoms. The number of nitriles is 1. The number of carbonyl (C=O) groups excluding carboxylic acids is 1. The minimum atomic E-state index is 0.0114. The van der Waals surface area contributed by atoms with Crippen LogP contribution in [-0.4, -0.2) is 43.2 Å². The van der Waals surface area contributed by atoms with Gasteiger partial charge in [-0.05, 0) is 76.8 Å². The molecule has 6 nitrogen and oxygen atoms in total. The van der Waals surface area contributed by atoms with E-state index in [2.05, 4.69) is 44.0 Å². The zero-order valence-electron chi connectivity index (χ0n) is 20.7. The number of nitrogens with zero attached hydrogens (tertiary/aromatic N) is 2. The van der Waals surface area contributed by atoms with Crippen molar-refractivity contribution in [1.82, 2.24) is 5.32 Å². The monoisotopic (exact) mass is 461 g/mol. The van der Waals surface area contributed by atoms with Gasteiger partial charge in [-0.25, -0.2) is 0 Å². The quantitative estimate of drug-likeness (QED) is 0.587. The van der Waals surface area contributed by atoms with Crippen molar-refractivity contribution < 1.29 is 14.3 Å². The molecule has 0 unspecified atom stereocenters. The molecule has 2 aromatic rings. The minimum Gasteiger partial charge on any atom is -0.454 e. The van der Waals surface area contributed by atoms with Crippen LogP contribution in [0.4, 0.5) is 5.69 Å². The molecule has 2 aliphatic rings. The van der Waals surface area contributed by atoms with Crippen molar-refractivity contribution in [1.29, 1.82) is 5.26 Å². The molecule has 2 heterocycles. The summed E-state index contributed by atoms with van der Waals surface area (Å²) in [5.74, 6) is 1.66. The van der Waals surface area contributed by atoms with E-state index in [9.17, 15) is 10.1 Å². The Bertz CT molecular complexity index is 1060. The first-order valence-electron chi connectivity index (χ1n) is 12.1. The van der Waals surface area contributed by atoms with Gasteiger partial charge in [0.2, 0.25) is 0 Å². The number of anilines is 1. The Morgan fingerprint density at radius 2 is 1.76 bits per heavy atom. The lowest BCUT2D eigenvalue weighted by atomic mass is 9.74. The Labute approximate surface area is 202 Å². The molecular weight excluding hydrogens is 426 g/mol. The van der Waals surface area contributed by atoms with Gasteiger partial charge in [-0.15, -0.1) is 0 Å². The molecule has 0 bridgehead atoms. The van der Waals surface area contributed by atoms with Crippen molar-refractivity contribution in [3.8, 4) is 17.6 Å². The van der Waals surface area contributed by atoms with Crippen molar-refractivity contribution in [3.63, 3.8) is 0 Å². The normalized spacial score (nSPS) is 19.9. The van der Waals surface area contributed by atoms with Crippen molar-refractivity contribution in [3.05, 3.63) is 53.6 Å². The zero-order valence-corrected chi connectivity index (χ0v) is 20.7. The number of nitrogens with one attached hydrogen (secondary N) is 1. The van der Waals surface area contributed by atoms with E-state index in [1.165, 1.54) is 0 Å². The first kappa shape index (κ1) is 24.3. The Morgan fingerprint density at radius 1 is 1.09 bits per heavy atom. The van der Waals surface area contributed by atoms with Gasteiger partial charge in [0.15, 0.2) is 11.5 Å². The second kappa shape index (κ2) is 9.77. The molecule has 6 heteroatoms. The molecule has 34 heavy (non-hydrogen) atoms. The van der Waals surface area contributed by atoms with Gasteiger partial charge >= 0.3 is 0 Å². The molecule has 0 saturated carbocycles. The summed E-state index contributed by atoms with van der Waals surface area (Å²) in [5, 5.41) is 13.2. The van der Waals surface area contributed by atoms with E-state index in [1.807, 2.05) is 30.3 Å². The number of benzene rings is 2. The Morgan fingerprint density at radius 3 is 2.44 bits per heavy atom. The van der Waals surface area contributed by atoms with Gasteiger partial charge in [0.25, 0.3) is 0 Å². The van der Waals surface area contributed by atoms with E-state index in [-0.39, 0.29) is 16.9 Å². The number of para-hydroxylation sites is 1. The molecule has 1 N–H and O–H groups in total. The van der Waals surface area contributed by atoms with Crippen molar-refractivity contribution in [2.45, 2.75) is 58.0 Å². The predicted molar refractivity (Wildman–Crippen MR) is 134 cm³/mol. The maximum Gasteiger partial charge on any atom is 0.163 e. The molecule has 0 aliphatic carbocycles. The minimum absolute atomic E-state index is 0.0114. The SMILES string of the molecule is CC1(C)CC(CC(=O)c2ccc(Oc3ccccc3C#N)c(N3CCOCC3)c2)CC(C)(C)N1. The summed E-state index contributed by atoms with van der Waals surface area (Å²) in [5.41, 5.74) is 2.07. The van der Waals surface area contributed by atoms with Crippen LogP contribution >= 0.6 is 0 Å². The van der Waals surface area contributed by atoms with E-state index in [0.29, 0.717) is 48.2 Å². The number of rotatable bonds is 6. The highest BCUT2D eigenvalue weighted by Gasteiger charge is 2.38. The van der Waals surface area contributed by atoms with Crippen LogP contribution in [0.3, 0.4) is 0 Å². The van der Waals surface area contributed by atoms with Crippen molar-refractivity contribution >= 4 is 11.5 Å². The maximum absolute atomic E-state index is 13.4. The fraction of sp³-hybridized carbons (Fsp3) is 0.500. The van der Waals surface area contributed by atoms with Gasteiger partial charge in [-0.1, -0.05) is 12.1 Å². The van der Waals surface area contributed by atoms with Crippen molar-refractivity contribution in [2.75, 3.05) is 31.2 Å². The van der Waals surface area contributed by atoms with Crippen LogP contribution in [0, 0.1) is 17.2 Å². The van der Waals surface area contributed by atoms with Crippen LogP contribution in [0.15, 0.2) is 42.5 Å². The molecule has 2 saturated heterocycles. The molecule has 2 aliphatic heterocycles. The van der Waals surface area contributed by atoms with E-state index in [1.54, 1.807) is 12.1 Å². The molecule has 2 aromatic carbocycles. The van der Waals surface area contributed by atoms with E-state index in [0.717, 1.165) is 31.6 Å². The second-order valence-corrected chi connectivity index (χ2v) is 10.8. The number of morpholine rings is 1. The van der Waals surface area contributed by atoms with Gasteiger partial charge in [0.05, 0.1) is 24.5 Å². The smallest absolute Gasteiger partial charge is 0.163 e. The van der Waals surface area contributed by atoms with Crippen LogP contribution < -0.4 is 15.0 Å². The lowest BCUT2D eigenvalue weighted by molar-refractivity contribution is 0.0864. The number of Topliss-reactive ketones (excluding diaryl/α,β-unsaturated/α-hetero) is 1. The maximum atomic E-state index is 13.4. The van der Waals surface area contributed by atoms with Crippen molar-refractivity contribution in [2.24, 2.45) is 5.92 Å². The highest BCUT2D eigenvalue weighted by atomic mass is 16.5. The number of ketones is 1. The Kier molecular flexibility index (Phi) is 6.97. The van der Waals surface area contributed by atoms with Gasteiger partial charge in [-0.2, -0.15) is 5.26 Å². The highest BCUT2D eigenvalue weighted by Crippen LogP contribution is 2.38. The predicted octanol–water partition coefficient (Wildman–Crippen LogP) is 5.32. The number of piperidine rings is 1. The number of hydrogen-bond acceptors (Lipinski definition) is 6. The fourth-order valence-corrected chi connectivity index (χ4v) is 5.65. The summed E-state index contributed by atoms with van der Waals surface area (Å²) in [4.78, 5) is 15.6. The lowest BCUT2D eigenvalue weighted by Crippen LogP contribution is -2.57. The third kappa shape index (κ3) is 5.78. The summed E-state index contributed by atoms with van der Waals surface area (Å²) in [7, 11) is 0. The molecule has 4 rings (SSSR count). The third-order valence-corrected chi connectivity index (χ3v) is 6.61. The largest absolute Gasteiger partial charge is 0.454 e. The Balaban J connectivity index is 1.60. The molecule has 180 valence electrons. The molecule has 0 amide bonds. The fourth-order valence-electron chi connectivity index (χ4n) is 5.65. The summed E-state index contributed by atoms with van der Waals surface area (Å²) in [6, 6.07) is 15.1. The first-order valence-corrected chi connectivity index (χ1v) is 12.1. The Hall–Kier alpha value is -2.88. The van der Waals surface area contributed by atoms with Gasteiger partial charge in [0.1, 0.15) is 11.8 Å². The van der Waals surface area contributed by atoms with Crippen LogP contribution in [-0.2, 0) is 4.74 Å². The summed E-state index contributed by atoms with van der Waals surface area (Å²) in [6.07, 6.45) is 2.49. The van der Waals surface area contributed by atoms with E-state index >= 15 is 0 Å². The molecule has 0 radical (unpaired) electrons. The highest BCUT2D eigenvalue weighted by molar-refractivity contribution is 5.97. The number of ether oxygens (including phenoxy) is 2. The molecular formula is C28H35N3O3. The lowest BCUT2D eigenvalue weighted by Gasteiger charge is -2.46. The molecule has 0 aromatic heterocycles. The summed E-state index contributed by atoms with van der Waals surface area (Å²) >= 11 is 0. The summed E-state index contributed by atoms with van der Waals surface area (Å²) < 4.78 is 11.7. The second-order valence-electron chi connectivity index (χ2n) is 10.8. The average molecular weight is 462 g/mol. The zero-order chi connectivity index (χ0) is 24.3. The van der Waals surface area contributed by atoms with Gasteiger partial charge in [-0.3, -0.25) is 4.79 Å². The first-order chi connectivity index (χ1) is 16.2. The van der Waals surface area contributed by atoms with E-state index < -0.39 is 0 Å². The third-order valence-electron chi connectivity index (χ3n) is 6.61. The molecule has 2 fully saturated rings. The standard InChI is InChI=1S/C28H35N3O3/c1-27(2)17-20(18-28(3,4)30-27)15-24(32)21-9-10-26(23(16-21)31-11-13-33-14-12-31)34-25-8-6-5-7-22(25)19-29/h5-10,16,20,30H,11-15,17-18H2,1-4H3. The van der Waals surface area contributed by atoms with Crippen LogP contribution in [0.25, 0.3) is 0 Å². The summed E-state index contributed by atoms with van der Waals surface area (Å²) in [6.45, 7) is 11.6. The van der Waals surface area contributed by atoms with E-state index in [4.69, 9.17) is 9.47 Å². The average Bonchev–Trinajstić information content (AvgIpc) is 2.78. The van der Waals surface area contributed by atoms with Gasteiger partial charge in [0, 0.05) is 36.2 Å². The molecule has 0 atom stereocenters. The van der Waals surface area contributed by atoms with Crippen LogP contribution in [0.1, 0.15) is 62.9 Å². The van der Waals surface area contributed by atoms with Gasteiger partial charge < -0.3 is 19.7 Å².